The molecule has 1 aliphatic heterocycles. The van der Waals surface area contributed by atoms with Crippen molar-refractivity contribution in [2.45, 2.75) is 57.5 Å². The first-order chi connectivity index (χ1) is 11.5. The minimum atomic E-state index is -3.47. The van der Waals surface area contributed by atoms with Gasteiger partial charge in [-0.25, -0.2) is 8.42 Å². The van der Waals surface area contributed by atoms with Crippen molar-refractivity contribution >= 4 is 28.3 Å². The molecule has 2 rings (SSSR count). The van der Waals surface area contributed by atoms with Gasteiger partial charge in [0.15, 0.2) is 0 Å². The van der Waals surface area contributed by atoms with E-state index < -0.39 is 16.1 Å². The van der Waals surface area contributed by atoms with Crippen molar-refractivity contribution in [2.75, 3.05) is 13.1 Å². The second-order valence-corrected chi connectivity index (χ2v) is 9.78. The van der Waals surface area contributed by atoms with Crippen molar-refractivity contribution in [3.63, 3.8) is 0 Å². The maximum atomic E-state index is 12.7. The fraction of sp³-hybridized carbons (Fsp3) is 0.611. The summed E-state index contributed by atoms with van der Waals surface area (Å²) in [5, 5.41) is 2.96. The van der Waals surface area contributed by atoms with Crippen molar-refractivity contribution < 1.29 is 13.2 Å². The molecule has 3 N–H and O–H groups in total. The van der Waals surface area contributed by atoms with Crippen molar-refractivity contribution in [3.05, 3.63) is 29.8 Å². The number of piperidine rings is 1. The van der Waals surface area contributed by atoms with E-state index in [9.17, 15) is 13.2 Å². The highest BCUT2D eigenvalue weighted by atomic mass is 35.5. The van der Waals surface area contributed by atoms with Gasteiger partial charge in [0, 0.05) is 19.1 Å². The molecule has 1 aromatic rings. The lowest BCUT2D eigenvalue weighted by molar-refractivity contribution is -0.125. The van der Waals surface area contributed by atoms with E-state index >= 15 is 0 Å². The van der Waals surface area contributed by atoms with Gasteiger partial charge in [-0.2, -0.15) is 4.31 Å². The van der Waals surface area contributed by atoms with Crippen molar-refractivity contribution in [1.82, 2.24) is 9.62 Å². The van der Waals surface area contributed by atoms with E-state index in [1.165, 1.54) is 4.31 Å². The minimum absolute atomic E-state index is 0. The van der Waals surface area contributed by atoms with Gasteiger partial charge >= 0.3 is 0 Å². The second-order valence-electron chi connectivity index (χ2n) is 7.84. The Morgan fingerprint density at radius 1 is 1.19 bits per heavy atom. The Morgan fingerprint density at radius 3 is 2.15 bits per heavy atom. The van der Waals surface area contributed by atoms with E-state index in [-0.39, 0.29) is 29.8 Å². The lowest BCUT2D eigenvalue weighted by atomic mass is 9.86. The van der Waals surface area contributed by atoms with E-state index in [1.54, 1.807) is 24.3 Å². The highest BCUT2D eigenvalue weighted by Crippen LogP contribution is 2.22. The molecule has 0 radical (unpaired) electrons. The number of nitrogens with zero attached hydrogens (tertiary/aromatic N) is 1. The first kappa shape index (κ1) is 22.9. The molecular weight excluding hydrogens is 374 g/mol. The number of hydrogen-bond acceptors (Lipinski definition) is 4. The van der Waals surface area contributed by atoms with Crippen molar-refractivity contribution in [2.24, 2.45) is 11.1 Å². The predicted octanol–water partition coefficient (Wildman–Crippen LogP) is 2.06. The van der Waals surface area contributed by atoms with E-state index in [0.29, 0.717) is 30.8 Å². The smallest absolute Gasteiger partial charge is 0.243 e. The molecule has 0 aliphatic carbocycles. The van der Waals surface area contributed by atoms with Crippen LogP contribution in [0.1, 0.15) is 39.2 Å². The topological polar surface area (TPSA) is 92.5 Å². The SMILES string of the molecule is Cc1ccc(S(=O)(=O)N2CCC(NC(=O)[C@@H](N)C(C)(C)C)CC2)cc1.Cl. The first-order valence-corrected chi connectivity index (χ1v) is 10.1. The Hall–Kier alpha value is -1.15. The van der Waals surface area contributed by atoms with Crippen LogP contribution < -0.4 is 11.1 Å². The Morgan fingerprint density at radius 2 is 1.69 bits per heavy atom. The summed E-state index contributed by atoms with van der Waals surface area (Å²) < 4.78 is 26.9. The lowest BCUT2D eigenvalue weighted by Crippen LogP contribution is -2.53. The third-order valence-corrected chi connectivity index (χ3v) is 6.59. The van der Waals surface area contributed by atoms with Gasteiger partial charge in [0.2, 0.25) is 15.9 Å². The van der Waals surface area contributed by atoms with Gasteiger partial charge in [-0.15, -0.1) is 12.4 Å². The maximum Gasteiger partial charge on any atom is 0.243 e. The van der Waals surface area contributed by atoms with Crippen LogP contribution in [0.15, 0.2) is 29.2 Å². The van der Waals surface area contributed by atoms with Crippen molar-refractivity contribution in [3.8, 4) is 0 Å². The number of amides is 1. The van der Waals surface area contributed by atoms with Gasteiger partial charge in [0.25, 0.3) is 0 Å². The molecular formula is C18H30ClN3O3S. The normalized spacial score (nSPS) is 18.0. The predicted molar refractivity (Wildman–Crippen MR) is 106 cm³/mol. The molecule has 1 heterocycles. The van der Waals surface area contributed by atoms with Crippen LogP contribution in [0.2, 0.25) is 0 Å². The first-order valence-electron chi connectivity index (χ1n) is 8.64. The number of nitrogens with two attached hydrogens (primary N) is 1. The Labute approximate surface area is 163 Å². The summed E-state index contributed by atoms with van der Waals surface area (Å²) in [4.78, 5) is 12.5. The van der Waals surface area contributed by atoms with Crippen LogP contribution in [-0.2, 0) is 14.8 Å². The molecule has 1 aliphatic rings. The van der Waals surface area contributed by atoms with Crippen LogP contribution in [0.5, 0.6) is 0 Å². The third-order valence-electron chi connectivity index (χ3n) is 4.67. The van der Waals surface area contributed by atoms with Crippen LogP contribution >= 0.6 is 12.4 Å². The number of nitrogens with one attached hydrogen (secondary N) is 1. The fourth-order valence-corrected chi connectivity index (χ4v) is 4.25. The number of benzene rings is 1. The molecule has 0 spiro atoms. The van der Waals surface area contributed by atoms with Crippen molar-refractivity contribution in [1.29, 1.82) is 0 Å². The summed E-state index contributed by atoms with van der Waals surface area (Å²) >= 11 is 0. The van der Waals surface area contributed by atoms with Crippen LogP contribution in [0.25, 0.3) is 0 Å². The quantitative estimate of drug-likeness (QED) is 0.804. The molecule has 1 aromatic carbocycles. The molecule has 1 fully saturated rings. The Kier molecular flexibility index (Phi) is 7.65. The van der Waals surface area contributed by atoms with Gasteiger partial charge in [0.1, 0.15) is 0 Å². The van der Waals surface area contributed by atoms with Gasteiger partial charge < -0.3 is 11.1 Å². The summed E-state index contributed by atoms with van der Waals surface area (Å²) in [5.74, 6) is -0.174. The summed E-state index contributed by atoms with van der Waals surface area (Å²) in [7, 11) is -3.47. The summed E-state index contributed by atoms with van der Waals surface area (Å²) in [6.07, 6.45) is 1.18. The monoisotopic (exact) mass is 403 g/mol. The van der Waals surface area contributed by atoms with E-state index in [2.05, 4.69) is 5.32 Å². The number of carbonyl (C=O) groups is 1. The molecule has 0 bridgehead atoms. The third kappa shape index (κ3) is 5.42. The average molecular weight is 404 g/mol. The van der Waals surface area contributed by atoms with Crippen LogP contribution in [-0.4, -0.2) is 43.8 Å². The zero-order valence-electron chi connectivity index (χ0n) is 15.9. The number of carbonyl (C=O) groups excluding carboxylic acids is 1. The molecule has 8 heteroatoms. The zero-order chi connectivity index (χ0) is 18.8. The summed E-state index contributed by atoms with van der Waals surface area (Å²) in [6, 6.07) is 6.26. The molecule has 1 atom stereocenters. The van der Waals surface area contributed by atoms with Gasteiger partial charge in [0.05, 0.1) is 10.9 Å². The van der Waals surface area contributed by atoms with Crippen LogP contribution in [0, 0.1) is 12.3 Å². The van der Waals surface area contributed by atoms with Crippen LogP contribution in [0.3, 0.4) is 0 Å². The molecule has 0 saturated carbocycles. The Bertz CT molecular complexity index is 706. The Balaban J connectivity index is 0.00000338. The standard InChI is InChI=1S/C18H29N3O3S.ClH/c1-13-5-7-15(8-6-13)25(23,24)21-11-9-14(10-12-21)20-17(22)16(19)18(2,3)4;/h5-8,14,16H,9-12,19H2,1-4H3,(H,20,22);1H/t16-;/m1./s1. The number of rotatable bonds is 4. The lowest BCUT2D eigenvalue weighted by Gasteiger charge is -2.33. The molecule has 0 unspecified atom stereocenters. The molecule has 26 heavy (non-hydrogen) atoms. The molecule has 0 aromatic heterocycles. The van der Waals surface area contributed by atoms with Gasteiger partial charge in [-0.3, -0.25) is 4.79 Å². The van der Waals surface area contributed by atoms with E-state index in [1.807, 2.05) is 27.7 Å². The molecule has 148 valence electrons. The molecule has 1 amide bonds. The van der Waals surface area contributed by atoms with E-state index in [4.69, 9.17) is 5.73 Å². The summed E-state index contributed by atoms with van der Waals surface area (Å²) in [5.41, 5.74) is 6.70. The number of hydrogen-bond donors (Lipinski definition) is 2. The van der Waals surface area contributed by atoms with E-state index in [0.717, 1.165) is 5.56 Å². The highest BCUT2D eigenvalue weighted by molar-refractivity contribution is 7.89. The zero-order valence-corrected chi connectivity index (χ0v) is 17.5. The largest absolute Gasteiger partial charge is 0.352 e. The minimum Gasteiger partial charge on any atom is -0.352 e. The summed E-state index contributed by atoms with van der Waals surface area (Å²) in [6.45, 7) is 8.49. The number of aryl methyl sites for hydroxylation is 1. The average Bonchev–Trinajstić information content (AvgIpc) is 2.54. The van der Waals surface area contributed by atoms with Gasteiger partial charge in [-0.1, -0.05) is 38.5 Å². The fourth-order valence-electron chi connectivity index (χ4n) is 2.78. The number of halogens is 1. The van der Waals surface area contributed by atoms with Gasteiger partial charge in [-0.05, 0) is 37.3 Å². The molecule has 1 saturated heterocycles. The maximum absolute atomic E-state index is 12.7. The number of sulfonamides is 1. The molecule has 6 nitrogen and oxygen atoms in total. The second kappa shape index (κ2) is 8.69. The highest BCUT2D eigenvalue weighted by Gasteiger charge is 2.32. The van der Waals surface area contributed by atoms with Crippen LogP contribution in [0.4, 0.5) is 0 Å².